The molecule has 0 aliphatic heterocycles. The molecule has 1 heterocycles. The molecule has 0 aliphatic rings. The average molecular weight is 345 g/mol. The molecule has 2 rings (SSSR count). The Balaban J connectivity index is 2.23. The third-order valence-corrected chi connectivity index (χ3v) is 4.56. The number of aromatic nitrogens is 2. The molecule has 1 N–H and O–H groups in total. The van der Waals surface area contributed by atoms with Gasteiger partial charge in [0.05, 0.1) is 21.1 Å². The number of nitrogens with zero attached hydrogens (tertiary/aromatic N) is 2. The number of aliphatic hydroxyl groups is 1. The summed E-state index contributed by atoms with van der Waals surface area (Å²) in [5.74, 6) is -0.115. The molecule has 1 unspecified atom stereocenters. The van der Waals surface area contributed by atoms with E-state index in [1.54, 1.807) is 12.1 Å². The van der Waals surface area contributed by atoms with Crippen LogP contribution in [0.25, 0.3) is 0 Å². The minimum Gasteiger partial charge on any atom is -0.387 e. The maximum atomic E-state index is 13.4. The highest BCUT2D eigenvalue weighted by Gasteiger charge is 2.20. The van der Waals surface area contributed by atoms with Gasteiger partial charge in [-0.05, 0) is 45.0 Å². The van der Waals surface area contributed by atoms with Crippen LogP contribution in [0, 0.1) is 5.82 Å². The zero-order chi connectivity index (χ0) is 14.0. The molecule has 2 aromatic rings. The largest absolute Gasteiger partial charge is 0.387 e. The molecule has 0 saturated heterocycles. The molecule has 1 atom stereocenters. The van der Waals surface area contributed by atoms with E-state index in [0.717, 1.165) is 16.1 Å². The van der Waals surface area contributed by atoms with E-state index in [4.69, 9.17) is 0 Å². The van der Waals surface area contributed by atoms with Crippen LogP contribution in [0.5, 0.6) is 0 Å². The van der Waals surface area contributed by atoms with Crippen LogP contribution < -0.4 is 0 Å². The molecule has 102 valence electrons. The van der Waals surface area contributed by atoms with Gasteiger partial charge in [-0.15, -0.1) is 5.10 Å². The van der Waals surface area contributed by atoms with E-state index >= 15 is 0 Å². The minimum absolute atomic E-state index is 0.208. The highest BCUT2D eigenvalue weighted by Crippen LogP contribution is 2.31. The number of halogens is 2. The zero-order valence-electron chi connectivity index (χ0n) is 10.6. The molecule has 0 radical (unpaired) electrons. The van der Waals surface area contributed by atoms with Gasteiger partial charge in [-0.25, -0.2) is 4.39 Å². The number of aliphatic hydroxyl groups excluding tert-OH is 1. The average Bonchev–Trinajstić information content (AvgIpc) is 2.84. The Morgan fingerprint density at radius 3 is 2.84 bits per heavy atom. The molecule has 6 heteroatoms. The first-order chi connectivity index (χ1) is 9.00. The summed E-state index contributed by atoms with van der Waals surface area (Å²) in [7, 11) is 0. The standard InChI is InChI=1S/C13H14BrFN2OS/c1-7(2)12-13(19-17-16-12)10(18)6-8-4-3-5-9(15)11(8)14/h3-5,7,10,18H,6H2,1-2H3. The first kappa shape index (κ1) is 14.6. The molecule has 0 saturated carbocycles. The highest BCUT2D eigenvalue weighted by molar-refractivity contribution is 9.10. The smallest absolute Gasteiger partial charge is 0.137 e. The Bertz CT molecular complexity index is 574. The molecule has 0 amide bonds. The second kappa shape index (κ2) is 6.07. The van der Waals surface area contributed by atoms with E-state index in [9.17, 15) is 9.50 Å². The van der Waals surface area contributed by atoms with Gasteiger partial charge in [-0.2, -0.15) is 0 Å². The number of hydrogen-bond donors (Lipinski definition) is 1. The lowest BCUT2D eigenvalue weighted by Gasteiger charge is -2.12. The van der Waals surface area contributed by atoms with E-state index in [1.807, 2.05) is 13.8 Å². The van der Waals surface area contributed by atoms with Gasteiger partial charge in [-0.3, -0.25) is 0 Å². The topological polar surface area (TPSA) is 46.0 Å². The van der Waals surface area contributed by atoms with Crippen molar-refractivity contribution in [2.75, 3.05) is 0 Å². The highest BCUT2D eigenvalue weighted by atomic mass is 79.9. The maximum absolute atomic E-state index is 13.4. The van der Waals surface area contributed by atoms with Crippen LogP contribution in [-0.2, 0) is 6.42 Å². The van der Waals surface area contributed by atoms with Gasteiger partial charge in [0.1, 0.15) is 5.82 Å². The molecule has 19 heavy (non-hydrogen) atoms. The first-order valence-electron chi connectivity index (χ1n) is 5.93. The summed E-state index contributed by atoms with van der Waals surface area (Å²) in [6.07, 6.45) is -0.377. The summed E-state index contributed by atoms with van der Waals surface area (Å²) in [6.45, 7) is 4.01. The van der Waals surface area contributed by atoms with Crippen LogP contribution in [0.15, 0.2) is 22.7 Å². The summed E-state index contributed by atoms with van der Waals surface area (Å²) < 4.78 is 17.7. The number of hydrogen-bond acceptors (Lipinski definition) is 4. The second-order valence-electron chi connectivity index (χ2n) is 4.61. The van der Waals surface area contributed by atoms with Gasteiger partial charge in [0.15, 0.2) is 0 Å². The van der Waals surface area contributed by atoms with E-state index in [0.29, 0.717) is 10.9 Å². The maximum Gasteiger partial charge on any atom is 0.137 e. The Labute approximate surface area is 123 Å². The molecule has 0 aliphatic carbocycles. The lowest BCUT2D eigenvalue weighted by atomic mass is 10.0. The predicted molar refractivity (Wildman–Crippen MR) is 76.8 cm³/mol. The predicted octanol–water partition coefficient (Wildman–Crippen LogP) is 3.84. The van der Waals surface area contributed by atoms with Gasteiger partial charge in [-0.1, -0.05) is 30.5 Å². The Morgan fingerprint density at radius 1 is 1.42 bits per heavy atom. The fourth-order valence-electron chi connectivity index (χ4n) is 1.84. The molecule has 0 spiro atoms. The van der Waals surface area contributed by atoms with Gasteiger partial charge < -0.3 is 5.11 Å². The second-order valence-corrected chi connectivity index (χ2v) is 6.19. The summed E-state index contributed by atoms with van der Waals surface area (Å²) in [4.78, 5) is 0.756. The SMILES string of the molecule is CC(C)c1nnsc1C(O)Cc1cccc(F)c1Br. The van der Waals surface area contributed by atoms with Crippen molar-refractivity contribution in [1.29, 1.82) is 0 Å². The lowest BCUT2D eigenvalue weighted by molar-refractivity contribution is 0.180. The van der Waals surface area contributed by atoms with Gasteiger partial charge >= 0.3 is 0 Å². The van der Waals surface area contributed by atoms with E-state index in [-0.39, 0.29) is 11.7 Å². The molecule has 1 aromatic heterocycles. The van der Waals surface area contributed by atoms with Crippen molar-refractivity contribution in [2.45, 2.75) is 32.3 Å². The minimum atomic E-state index is -0.713. The zero-order valence-corrected chi connectivity index (χ0v) is 13.0. The van der Waals surface area contributed by atoms with Crippen LogP contribution >= 0.6 is 27.5 Å². The quantitative estimate of drug-likeness (QED) is 0.916. The van der Waals surface area contributed by atoms with Crippen LogP contribution in [-0.4, -0.2) is 14.7 Å². The number of rotatable bonds is 4. The van der Waals surface area contributed by atoms with E-state index in [2.05, 4.69) is 25.5 Å². The normalized spacial score (nSPS) is 12.9. The fourth-order valence-corrected chi connectivity index (χ4v) is 3.06. The molecule has 0 fully saturated rings. The first-order valence-corrected chi connectivity index (χ1v) is 7.50. The van der Waals surface area contributed by atoms with Crippen molar-refractivity contribution in [3.05, 3.63) is 44.6 Å². The van der Waals surface area contributed by atoms with Crippen molar-refractivity contribution in [3.8, 4) is 0 Å². The van der Waals surface area contributed by atoms with Gasteiger partial charge in [0.25, 0.3) is 0 Å². The van der Waals surface area contributed by atoms with Crippen LogP contribution in [0.4, 0.5) is 4.39 Å². The molecular weight excluding hydrogens is 331 g/mol. The third kappa shape index (κ3) is 3.19. The van der Waals surface area contributed by atoms with Crippen LogP contribution in [0.2, 0.25) is 0 Å². The Hall–Kier alpha value is -0.850. The van der Waals surface area contributed by atoms with Gasteiger partial charge in [0.2, 0.25) is 0 Å². The van der Waals surface area contributed by atoms with Crippen LogP contribution in [0.3, 0.4) is 0 Å². The van der Waals surface area contributed by atoms with Crippen molar-refractivity contribution < 1.29 is 9.50 Å². The summed E-state index contributed by atoms with van der Waals surface area (Å²) >= 11 is 4.40. The fraction of sp³-hybridized carbons (Fsp3) is 0.385. The number of benzene rings is 1. The monoisotopic (exact) mass is 344 g/mol. The third-order valence-electron chi connectivity index (χ3n) is 2.83. The molecule has 3 nitrogen and oxygen atoms in total. The Morgan fingerprint density at radius 2 is 2.16 bits per heavy atom. The molecular formula is C13H14BrFN2OS. The van der Waals surface area contributed by atoms with E-state index in [1.165, 1.54) is 17.6 Å². The van der Waals surface area contributed by atoms with Crippen molar-refractivity contribution in [1.82, 2.24) is 9.59 Å². The molecule has 1 aromatic carbocycles. The summed E-state index contributed by atoms with van der Waals surface area (Å²) in [5.41, 5.74) is 1.54. The van der Waals surface area contributed by atoms with Crippen molar-refractivity contribution in [2.24, 2.45) is 0 Å². The molecule has 0 bridgehead atoms. The lowest BCUT2D eigenvalue weighted by Crippen LogP contribution is -2.05. The van der Waals surface area contributed by atoms with E-state index < -0.39 is 6.10 Å². The van der Waals surface area contributed by atoms with Crippen molar-refractivity contribution >= 4 is 27.5 Å². The van der Waals surface area contributed by atoms with Crippen molar-refractivity contribution in [3.63, 3.8) is 0 Å². The van der Waals surface area contributed by atoms with Gasteiger partial charge in [0, 0.05) is 6.42 Å². The summed E-state index contributed by atoms with van der Waals surface area (Å²) in [5, 5.41) is 14.3. The van der Waals surface area contributed by atoms with Crippen LogP contribution in [0.1, 0.15) is 42.0 Å². The Kier molecular flexibility index (Phi) is 4.65. The summed E-state index contributed by atoms with van der Waals surface area (Å²) in [6, 6.07) is 4.81.